The predicted molar refractivity (Wildman–Crippen MR) is 61.3 cm³/mol. The van der Waals surface area contributed by atoms with Crippen LogP contribution in [0.4, 0.5) is 5.82 Å². The number of anilines is 1. The molecule has 0 unspecified atom stereocenters. The lowest BCUT2D eigenvalue weighted by atomic mass is 10.0. The monoisotopic (exact) mass is 226 g/mol. The Balaban J connectivity index is 2.29. The summed E-state index contributed by atoms with van der Waals surface area (Å²) in [6.07, 6.45) is 3.32. The maximum Gasteiger partial charge on any atom is 0.149 e. The lowest BCUT2D eigenvalue weighted by Crippen LogP contribution is -2.58. The smallest absolute Gasteiger partial charge is 0.149 e. The molecule has 1 aliphatic rings. The average Bonchev–Trinajstić information content (AvgIpc) is 2.17. The van der Waals surface area contributed by atoms with E-state index in [2.05, 4.69) is 34.0 Å². The molecule has 0 bridgehead atoms. The second kappa shape index (κ2) is 3.94. The predicted octanol–water partition coefficient (Wildman–Crippen LogP) is 1.32. The van der Waals surface area contributed by atoms with Crippen molar-refractivity contribution >= 4 is 17.4 Å². The van der Waals surface area contributed by atoms with Gasteiger partial charge in [-0.2, -0.15) is 0 Å². The van der Waals surface area contributed by atoms with Gasteiger partial charge >= 0.3 is 0 Å². The largest absolute Gasteiger partial charge is 0.348 e. The Bertz CT molecular complexity index is 353. The van der Waals surface area contributed by atoms with E-state index in [4.69, 9.17) is 11.6 Å². The standard InChI is InChI=1S/C10H15ClN4/c1-10(2)7-12-3-4-15(10)9-6-13-5-8(11)14-9/h5-6,12H,3-4,7H2,1-2H3. The third-order valence-corrected chi connectivity index (χ3v) is 2.85. The van der Waals surface area contributed by atoms with E-state index in [1.807, 2.05) is 0 Å². The molecule has 1 N–H and O–H groups in total. The average molecular weight is 227 g/mol. The highest BCUT2D eigenvalue weighted by atomic mass is 35.5. The van der Waals surface area contributed by atoms with Crippen LogP contribution in [0.5, 0.6) is 0 Å². The molecule has 1 aliphatic heterocycles. The number of nitrogens with one attached hydrogen (secondary N) is 1. The Morgan fingerprint density at radius 1 is 1.47 bits per heavy atom. The maximum atomic E-state index is 5.84. The molecule has 0 amide bonds. The fourth-order valence-corrected chi connectivity index (χ4v) is 2.01. The van der Waals surface area contributed by atoms with Crippen molar-refractivity contribution in [1.29, 1.82) is 0 Å². The molecule has 0 saturated carbocycles. The highest BCUT2D eigenvalue weighted by Gasteiger charge is 2.30. The van der Waals surface area contributed by atoms with Gasteiger partial charge in [0.25, 0.3) is 0 Å². The fraction of sp³-hybridized carbons (Fsp3) is 0.600. The van der Waals surface area contributed by atoms with Crippen LogP contribution < -0.4 is 10.2 Å². The third kappa shape index (κ3) is 2.21. The molecule has 1 fully saturated rings. The second-order valence-electron chi connectivity index (χ2n) is 4.34. The van der Waals surface area contributed by atoms with E-state index in [1.54, 1.807) is 12.4 Å². The van der Waals surface area contributed by atoms with Crippen molar-refractivity contribution < 1.29 is 0 Å². The minimum atomic E-state index is 0.0532. The molecule has 5 heteroatoms. The molecular formula is C10H15ClN4. The Morgan fingerprint density at radius 3 is 2.93 bits per heavy atom. The van der Waals surface area contributed by atoms with Crippen LogP contribution in [0, 0.1) is 0 Å². The number of rotatable bonds is 1. The van der Waals surface area contributed by atoms with Crippen LogP contribution in [-0.2, 0) is 0 Å². The van der Waals surface area contributed by atoms with Gasteiger partial charge in [-0.25, -0.2) is 4.98 Å². The molecule has 0 radical (unpaired) electrons. The molecule has 4 nitrogen and oxygen atoms in total. The summed E-state index contributed by atoms with van der Waals surface area (Å²) >= 11 is 5.84. The van der Waals surface area contributed by atoms with Crippen molar-refractivity contribution in [2.45, 2.75) is 19.4 Å². The minimum absolute atomic E-state index is 0.0532. The van der Waals surface area contributed by atoms with Gasteiger partial charge < -0.3 is 10.2 Å². The number of aromatic nitrogens is 2. The Morgan fingerprint density at radius 2 is 2.27 bits per heavy atom. The lowest BCUT2D eigenvalue weighted by Gasteiger charge is -2.43. The van der Waals surface area contributed by atoms with Crippen molar-refractivity contribution in [1.82, 2.24) is 15.3 Å². The van der Waals surface area contributed by atoms with Gasteiger partial charge in [0.05, 0.1) is 12.4 Å². The number of nitrogens with zero attached hydrogens (tertiary/aromatic N) is 3. The van der Waals surface area contributed by atoms with Crippen LogP contribution in [0.25, 0.3) is 0 Å². The molecule has 2 heterocycles. The van der Waals surface area contributed by atoms with E-state index in [1.165, 1.54) is 0 Å². The van der Waals surface area contributed by atoms with Crippen molar-refractivity contribution in [3.63, 3.8) is 0 Å². The highest BCUT2D eigenvalue weighted by Crippen LogP contribution is 2.23. The van der Waals surface area contributed by atoms with Crippen LogP contribution in [0.2, 0.25) is 5.15 Å². The van der Waals surface area contributed by atoms with Crippen molar-refractivity contribution in [3.8, 4) is 0 Å². The molecule has 15 heavy (non-hydrogen) atoms. The van der Waals surface area contributed by atoms with Crippen molar-refractivity contribution in [3.05, 3.63) is 17.5 Å². The summed E-state index contributed by atoms with van der Waals surface area (Å²) in [5.74, 6) is 0.856. The Kier molecular flexibility index (Phi) is 2.80. The summed E-state index contributed by atoms with van der Waals surface area (Å²) in [6.45, 7) is 7.21. The first-order valence-corrected chi connectivity index (χ1v) is 5.43. The number of hydrogen-bond acceptors (Lipinski definition) is 4. The SMILES string of the molecule is CC1(C)CNCCN1c1cncc(Cl)n1. The van der Waals surface area contributed by atoms with E-state index in [0.29, 0.717) is 5.15 Å². The van der Waals surface area contributed by atoms with Gasteiger partial charge in [-0.3, -0.25) is 4.98 Å². The summed E-state index contributed by atoms with van der Waals surface area (Å²) in [5, 5.41) is 3.81. The van der Waals surface area contributed by atoms with Crippen LogP contribution in [0.15, 0.2) is 12.4 Å². The first-order chi connectivity index (χ1) is 7.09. The van der Waals surface area contributed by atoms with E-state index in [-0.39, 0.29) is 5.54 Å². The Hall–Kier alpha value is -0.870. The molecule has 0 aliphatic carbocycles. The molecule has 2 rings (SSSR count). The zero-order valence-corrected chi connectivity index (χ0v) is 9.75. The molecule has 0 atom stereocenters. The van der Waals surface area contributed by atoms with Gasteiger partial charge in [0.1, 0.15) is 11.0 Å². The summed E-state index contributed by atoms with van der Waals surface area (Å²) in [6, 6.07) is 0. The first-order valence-electron chi connectivity index (χ1n) is 5.05. The zero-order chi connectivity index (χ0) is 10.9. The van der Waals surface area contributed by atoms with Gasteiger partial charge in [0, 0.05) is 25.2 Å². The van der Waals surface area contributed by atoms with Crippen LogP contribution in [-0.4, -0.2) is 35.1 Å². The number of halogens is 1. The zero-order valence-electron chi connectivity index (χ0n) is 9.00. The first kappa shape index (κ1) is 10.6. The summed E-state index contributed by atoms with van der Waals surface area (Å²) in [4.78, 5) is 10.6. The summed E-state index contributed by atoms with van der Waals surface area (Å²) in [7, 11) is 0. The minimum Gasteiger partial charge on any atom is -0.348 e. The van der Waals surface area contributed by atoms with Crippen molar-refractivity contribution in [2.75, 3.05) is 24.5 Å². The van der Waals surface area contributed by atoms with Crippen LogP contribution in [0.1, 0.15) is 13.8 Å². The molecular weight excluding hydrogens is 212 g/mol. The quantitative estimate of drug-likeness (QED) is 0.784. The van der Waals surface area contributed by atoms with Gasteiger partial charge in [0.2, 0.25) is 0 Å². The van der Waals surface area contributed by atoms with E-state index in [9.17, 15) is 0 Å². The summed E-state index contributed by atoms with van der Waals surface area (Å²) < 4.78 is 0. The van der Waals surface area contributed by atoms with Crippen LogP contribution in [0.3, 0.4) is 0 Å². The van der Waals surface area contributed by atoms with Gasteiger partial charge in [-0.1, -0.05) is 11.6 Å². The van der Waals surface area contributed by atoms with Gasteiger partial charge in [-0.15, -0.1) is 0 Å². The van der Waals surface area contributed by atoms with Crippen molar-refractivity contribution in [2.24, 2.45) is 0 Å². The van der Waals surface area contributed by atoms with E-state index < -0.39 is 0 Å². The molecule has 1 aromatic heterocycles. The lowest BCUT2D eigenvalue weighted by molar-refractivity contribution is 0.377. The van der Waals surface area contributed by atoms with Gasteiger partial charge in [0.15, 0.2) is 0 Å². The topological polar surface area (TPSA) is 41.0 Å². The molecule has 0 aromatic carbocycles. The molecule has 1 aromatic rings. The second-order valence-corrected chi connectivity index (χ2v) is 4.73. The maximum absolute atomic E-state index is 5.84. The fourth-order valence-electron chi connectivity index (χ4n) is 1.87. The third-order valence-electron chi connectivity index (χ3n) is 2.67. The number of hydrogen-bond donors (Lipinski definition) is 1. The molecule has 1 saturated heterocycles. The molecule has 82 valence electrons. The van der Waals surface area contributed by atoms with Crippen LogP contribution >= 0.6 is 11.6 Å². The van der Waals surface area contributed by atoms with E-state index >= 15 is 0 Å². The normalized spacial score (nSPS) is 20.3. The van der Waals surface area contributed by atoms with Gasteiger partial charge in [-0.05, 0) is 13.8 Å². The Labute approximate surface area is 94.7 Å². The summed E-state index contributed by atoms with van der Waals surface area (Å²) in [5.41, 5.74) is 0.0532. The highest BCUT2D eigenvalue weighted by molar-refractivity contribution is 6.29. The van der Waals surface area contributed by atoms with E-state index in [0.717, 1.165) is 25.5 Å². The number of piperazine rings is 1. The molecule has 0 spiro atoms.